The number of nitrogens with one attached hydrogen (secondary N) is 1. The van der Waals surface area contributed by atoms with Gasteiger partial charge in [0.15, 0.2) is 0 Å². The Bertz CT molecular complexity index is 1500. The van der Waals surface area contributed by atoms with Crippen LogP contribution in [0.25, 0.3) is 10.2 Å². The minimum atomic E-state index is -0.793. The van der Waals surface area contributed by atoms with E-state index in [1.165, 1.54) is 43.6 Å². The standard InChI is InChI=1S/C29H34N6O4S/c1-16-4-6-22(35(14-16)27(38)25(37)32-18-11-20(24(30)36)26(39-3)31-13-18)17-5-7-23-21(10-17)33-28(40-23)29-9-8-19(12-29)34(2)15-29/h5,7,10-11,13,16,19,22H,4,6,8-9,12,14-15H2,1-3H3,(H2,30,36)(H,32,37)/t16-,19?,22+,29?/m0/s1. The van der Waals surface area contributed by atoms with Gasteiger partial charge in [-0.15, -0.1) is 11.3 Å². The van der Waals surface area contributed by atoms with Crippen molar-refractivity contribution in [3.05, 3.63) is 46.6 Å². The molecular weight excluding hydrogens is 528 g/mol. The Kier molecular flexibility index (Phi) is 6.74. The van der Waals surface area contributed by atoms with Crippen LogP contribution in [-0.2, 0) is 15.0 Å². The Labute approximate surface area is 236 Å². The molecule has 4 heterocycles. The Morgan fingerprint density at radius 2 is 2.02 bits per heavy atom. The van der Waals surface area contributed by atoms with Crippen LogP contribution in [0.4, 0.5) is 5.69 Å². The fourth-order valence-corrected chi connectivity index (χ4v) is 7.93. The van der Waals surface area contributed by atoms with Gasteiger partial charge in [-0.05, 0) is 68.8 Å². The number of thiazole rings is 1. The molecule has 0 radical (unpaired) electrons. The highest BCUT2D eigenvalue weighted by molar-refractivity contribution is 7.18. The maximum atomic E-state index is 13.5. The van der Waals surface area contributed by atoms with Crippen molar-refractivity contribution < 1.29 is 19.1 Å². The molecule has 4 atom stereocenters. The summed E-state index contributed by atoms with van der Waals surface area (Å²) in [4.78, 5) is 51.6. The second-order valence-electron chi connectivity index (χ2n) is 11.6. The van der Waals surface area contributed by atoms with Gasteiger partial charge in [0.05, 0.1) is 35.3 Å². The first-order chi connectivity index (χ1) is 19.2. The number of primary amides is 1. The number of pyridine rings is 1. The van der Waals surface area contributed by atoms with Gasteiger partial charge >= 0.3 is 11.8 Å². The highest BCUT2D eigenvalue weighted by atomic mass is 32.1. The maximum Gasteiger partial charge on any atom is 0.313 e. The number of fused-ring (bicyclic) bond motifs is 3. The number of nitrogens with zero attached hydrogens (tertiary/aromatic N) is 4. The first kappa shape index (κ1) is 26.6. The van der Waals surface area contributed by atoms with Crippen LogP contribution >= 0.6 is 11.3 Å². The minimum absolute atomic E-state index is 0.0186. The van der Waals surface area contributed by atoms with E-state index in [-0.39, 0.29) is 34.5 Å². The summed E-state index contributed by atoms with van der Waals surface area (Å²) in [6, 6.07) is 8.08. The topological polar surface area (TPSA) is 131 Å². The second kappa shape index (κ2) is 10.1. The predicted octanol–water partition coefficient (Wildman–Crippen LogP) is 3.47. The quantitative estimate of drug-likeness (QED) is 0.455. The number of anilines is 1. The fourth-order valence-electron chi connectivity index (χ4n) is 6.76. The Morgan fingerprint density at radius 1 is 1.20 bits per heavy atom. The van der Waals surface area contributed by atoms with Gasteiger partial charge in [-0.3, -0.25) is 14.4 Å². The molecule has 2 bridgehead atoms. The molecule has 3 fully saturated rings. The number of methoxy groups -OCH3 is 1. The van der Waals surface area contributed by atoms with Crippen LogP contribution in [-0.4, -0.2) is 70.8 Å². The van der Waals surface area contributed by atoms with Crippen LogP contribution in [0.5, 0.6) is 5.88 Å². The molecule has 1 saturated carbocycles. The smallest absolute Gasteiger partial charge is 0.313 e. The summed E-state index contributed by atoms with van der Waals surface area (Å²) in [6.45, 7) is 3.62. The number of carbonyl (C=O) groups is 3. The minimum Gasteiger partial charge on any atom is -0.480 e. The summed E-state index contributed by atoms with van der Waals surface area (Å²) >= 11 is 1.79. The summed E-state index contributed by atoms with van der Waals surface area (Å²) in [5.74, 6) is -1.85. The van der Waals surface area contributed by atoms with Crippen molar-refractivity contribution in [2.24, 2.45) is 11.7 Å². The zero-order valence-corrected chi connectivity index (χ0v) is 23.8. The molecule has 3 amide bonds. The first-order valence-corrected chi connectivity index (χ1v) is 14.6. The number of piperidine rings is 2. The number of carbonyl (C=O) groups excluding carboxylic acids is 3. The molecule has 3 aromatic rings. The predicted molar refractivity (Wildman–Crippen MR) is 152 cm³/mol. The number of nitrogens with two attached hydrogens (primary N) is 1. The third kappa shape index (κ3) is 4.60. The number of benzene rings is 1. The zero-order valence-electron chi connectivity index (χ0n) is 23.0. The van der Waals surface area contributed by atoms with Crippen molar-refractivity contribution >= 4 is 45.0 Å². The second-order valence-corrected chi connectivity index (χ2v) is 12.6. The molecule has 11 heteroatoms. The SMILES string of the molecule is COc1ncc(NC(=O)C(=O)N2C[C@@H](C)CC[C@@H]2c2ccc3sc(C45CCC(C4)N(C)C5)nc3c2)cc1C(N)=O. The molecular formula is C29H34N6O4S. The summed E-state index contributed by atoms with van der Waals surface area (Å²) < 4.78 is 6.21. The maximum absolute atomic E-state index is 13.5. The molecule has 0 spiro atoms. The van der Waals surface area contributed by atoms with Gasteiger partial charge < -0.3 is 25.6 Å². The number of likely N-dealkylation sites (N-methyl/N-ethyl adjacent to an activating group) is 1. The molecule has 2 saturated heterocycles. The van der Waals surface area contributed by atoms with Gasteiger partial charge in [0.25, 0.3) is 5.91 Å². The third-order valence-electron chi connectivity index (χ3n) is 8.85. The normalized spacial score (nSPS) is 26.3. The lowest BCUT2D eigenvalue weighted by Gasteiger charge is -2.38. The van der Waals surface area contributed by atoms with Crippen LogP contribution in [0, 0.1) is 5.92 Å². The lowest BCUT2D eigenvalue weighted by molar-refractivity contribution is -0.146. The number of amides is 3. The van der Waals surface area contributed by atoms with Gasteiger partial charge in [0.2, 0.25) is 5.88 Å². The van der Waals surface area contributed by atoms with E-state index in [0.717, 1.165) is 35.2 Å². The molecule has 2 aromatic heterocycles. The molecule has 40 heavy (non-hydrogen) atoms. The van der Waals surface area contributed by atoms with Crippen LogP contribution in [0.2, 0.25) is 0 Å². The monoisotopic (exact) mass is 562 g/mol. The van der Waals surface area contributed by atoms with Crippen molar-refractivity contribution in [2.45, 2.75) is 56.5 Å². The van der Waals surface area contributed by atoms with Crippen LogP contribution < -0.4 is 15.8 Å². The molecule has 3 N–H and O–H groups in total. The van der Waals surface area contributed by atoms with Gasteiger partial charge in [-0.2, -0.15) is 0 Å². The van der Waals surface area contributed by atoms with Crippen LogP contribution in [0.15, 0.2) is 30.5 Å². The van der Waals surface area contributed by atoms with Gasteiger partial charge in [0.1, 0.15) is 10.6 Å². The Hall–Kier alpha value is -3.57. The fraction of sp³-hybridized carbons (Fsp3) is 0.483. The highest BCUT2D eigenvalue weighted by Gasteiger charge is 2.50. The molecule has 1 aliphatic carbocycles. The number of ether oxygens (including phenoxy) is 1. The Balaban J connectivity index is 1.24. The summed E-state index contributed by atoms with van der Waals surface area (Å²) in [5, 5.41) is 3.81. The largest absolute Gasteiger partial charge is 0.480 e. The van der Waals surface area contributed by atoms with E-state index in [9.17, 15) is 14.4 Å². The molecule has 3 aliphatic rings. The van der Waals surface area contributed by atoms with E-state index in [1.807, 2.05) is 0 Å². The van der Waals surface area contributed by atoms with Crippen LogP contribution in [0.3, 0.4) is 0 Å². The number of rotatable bonds is 5. The van der Waals surface area contributed by atoms with Crippen molar-refractivity contribution in [3.8, 4) is 5.88 Å². The number of hydrogen-bond acceptors (Lipinski definition) is 8. The summed E-state index contributed by atoms with van der Waals surface area (Å²) in [6.07, 6.45) is 6.64. The number of aromatic nitrogens is 2. The molecule has 210 valence electrons. The van der Waals surface area contributed by atoms with Crippen LogP contribution in [0.1, 0.15) is 66.0 Å². The van der Waals surface area contributed by atoms with E-state index in [4.69, 9.17) is 15.5 Å². The highest BCUT2D eigenvalue weighted by Crippen LogP contribution is 2.50. The molecule has 6 rings (SSSR count). The summed E-state index contributed by atoms with van der Waals surface area (Å²) in [5.41, 5.74) is 7.73. The van der Waals surface area contributed by atoms with E-state index >= 15 is 0 Å². The van der Waals surface area contributed by atoms with Gasteiger partial charge in [0, 0.05) is 24.5 Å². The van der Waals surface area contributed by atoms with E-state index in [0.29, 0.717) is 12.6 Å². The van der Waals surface area contributed by atoms with E-state index < -0.39 is 17.7 Å². The Morgan fingerprint density at radius 3 is 2.73 bits per heavy atom. The van der Waals surface area contributed by atoms with E-state index in [2.05, 4.69) is 47.4 Å². The van der Waals surface area contributed by atoms with Gasteiger partial charge in [-0.1, -0.05) is 13.0 Å². The van der Waals surface area contributed by atoms with E-state index in [1.54, 1.807) is 16.2 Å². The van der Waals surface area contributed by atoms with Crippen molar-refractivity contribution in [2.75, 3.05) is 32.6 Å². The first-order valence-electron chi connectivity index (χ1n) is 13.7. The van der Waals surface area contributed by atoms with Gasteiger partial charge in [-0.25, -0.2) is 9.97 Å². The lowest BCUT2D eigenvalue weighted by atomic mass is 9.88. The van der Waals surface area contributed by atoms with Crippen molar-refractivity contribution in [1.82, 2.24) is 19.8 Å². The molecule has 10 nitrogen and oxygen atoms in total. The van der Waals surface area contributed by atoms with Crippen molar-refractivity contribution in [1.29, 1.82) is 0 Å². The average Bonchev–Trinajstić information content (AvgIpc) is 3.65. The van der Waals surface area contributed by atoms with Crippen molar-refractivity contribution in [3.63, 3.8) is 0 Å². The third-order valence-corrected chi connectivity index (χ3v) is 10.1. The number of likely N-dealkylation sites (tertiary alicyclic amines) is 2. The average molecular weight is 563 g/mol. The molecule has 1 aromatic carbocycles. The molecule has 2 aliphatic heterocycles. The number of hydrogen-bond donors (Lipinski definition) is 2. The lowest BCUT2D eigenvalue weighted by Crippen LogP contribution is -2.46. The summed E-state index contributed by atoms with van der Waals surface area (Å²) in [7, 11) is 3.58. The zero-order chi connectivity index (χ0) is 28.2. The molecule has 2 unspecified atom stereocenters.